The second-order valence-corrected chi connectivity index (χ2v) is 7.44. The van der Waals surface area contributed by atoms with Gasteiger partial charge in [-0.3, -0.25) is 4.79 Å². The molecule has 3 aromatic rings. The third kappa shape index (κ3) is 5.15. The van der Waals surface area contributed by atoms with Gasteiger partial charge < -0.3 is 10.6 Å². The molecule has 2 aromatic carbocycles. The van der Waals surface area contributed by atoms with Crippen LogP contribution in [0.15, 0.2) is 52.9 Å². The van der Waals surface area contributed by atoms with Crippen molar-refractivity contribution in [3.63, 3.8) is 0 Å². The van der Waals surface area contributed by atoms with Crippen molar-refractivity contribution in [1.82, 2.24) is 10.2 Å². The van der Waals surface area contributed by atoms with E-state index in [-0.39, 0.29) is 16.7 Å². The van der Waals surface area contributed by atoms with Gasteiger partial charge in [0.15, 0.2) is 4.34 Å². The van der Waals surface area contributed by atoms with Crippen LogP contribution in [0.25, 0.3) is 0 Å². The quantitative estimate of drug-likeness (QED) is 0.587. The van der Waals surface area contributed by atoms with Crippen molar-refractivity contribution in [1.29, 1.82) is 0 Å². The number of para-hydroxylation sites is 1. The van der Waals surface area contributed by atoms with Gasteiger partial charge in [0.2, 0.25) is 11.0 Å². The van der Waals surface area contributed by atoms with E-state index in [1.807, 2.05) is 30.3 Å². The fraction of sp³-hybridized carbons (Fsp3) is 0.0625. The lowest BCUT2D eigenvalue weighted by molar-refractivity contribution is -0.113. The van der Waals surface area contributed by atoms with E-state index in [4.69, 9.17) is 11.6 Å². The van der Waals surface area contributed by atoms with Crippen LogP contribution in [0, 0.1) is 5.82 Å². The zero-order valence-electron chi connectivity index (χ0n) is 12.7. The molecule has 0 aliphatic carbocycles. The van der Waals surface area contributed by atoms with Crippen molar-refractivity contribution in [3.8, 4) is 0 Å². The summed E-state index contributed by atoms with van der Waals surface area (Å²) in [7, 11) is 0. The number of halogens is 2. The molecule has 0 atom stereocenters. The number of carbonyl (C=O) groups is 1. The average Bonchev–Trinajstić information content (AvgIpc) is 3.05. The van der Waals surface area contributed by atoms with Crippen molar-refractivity contribution in [2.45, 2.75) is 4.34 Å². The van der Waals surface area contributed by atoms with Gasteiger partial charge in [0.1, 0.15) is 5.82 Å². The maximum absolute atomic E-state index is 13.1. The zero-order valence-corrected chi connectivity index (χ0v) is 15.1. The summed E-state index contributed by atoms with van der Waals surface area (Å²) in [5.74, 6) is -0.601. The Morgan fingerprint density at radius 3 is 2.72 bits per heavy atom. The molecule has 0 spiro atoms. The minimum atomic E-state index is -0.527. The van der Waals surface area contributed by atoms with E-state index < -0.39 is 5.82 Å². The number of nitrogens with one attached hydrogen (secondary N) is 2. The molecule has 128 valence electrons. The predicted molar refractivity (Wildman–Crippen MR) is 100 cm³/mol. The lowest BCUT2D eigenvalue weighted by Gasteiger charge is -2.04. The summed E-state index contributed by atoms with van der Waals surface area (Å²) in [4.78, 5) is 12.0. The maximum atomic E-state index is 13.1. The van der Waals surface area contributed by atoms with Crippen molar-refractivity contribution in [2.75, 3.05) is 16.4 Å². The fourth-order valence-electron chi connectivity index (χ4n) is 1.86. The second-order valence-electron chi connectivity index (χ2n) is 4.83. The summed E-state index contributed by atoms with van der Waals surface area (Å²) in [6.07, 6.45) is 0. The van der Waals surface area contributed by atoms with Crippen LogP contribution in [-0.4, -0.2) is 21.9 Å². The molecule has 9 heteroatoms. The molecule has 3 rings (SSSR count). The van der Waals surface area contributed by atoms with Gasteiger partial charge in [-0.25, -0.2) is 4.39 Å². The highest BCUT2D eigenvalue weighted by atomic mass is 35.5. The number of carbonyl (C=O) groups excluding carboxylic acids is 1. The summed E-state index contributed by atoms with van der Waals surface area (Å²) in [6.45, 7) is 0. The standard InChI is InChI=1S/C16H12ClFN4OS2/c17-12-8-11(6-7-13(12)18)19-14(23)9-24-16-22-21-15(25-16)20-10-4-2-1-3-5-10/h1-8H,9H2,(H,19,23)(H,20,21). The number of nitrogens with zero attached hydrogens (tertiary/aromatic N) is 2. The van der Waals surface area contributed by atoms with Crippen LogP contribution in [0.5, 0.6) is 0 Å². The van der Waals surface area contributed by atoms with Gasteiger partial charge in [0, 0.05) is 11.4 Å². The first-order valence-electron chi connectivity index (χ1n) is 7.13. The highest BCUT2D eigenvalue weighted by molar-refractivity contribution is 8.01. The van der Waals surface area contributed by atoms with Crippen LogP contribution in [0.3, 0.4) is 0 Å². The molecule has 0 unspecified atom stereocenters. The van der Waals surface area contributed by atoms with Crippen LogP contribution < -0.4 is 10.6 Å². The van der Waals surface area contributed by atoms with Gasteiger partial charge >= 0.3 is 0 Å². The maximum Gasteiger partial charge on any atom is 0.234 e. The van der Waals surface area contributed by atoms with Crippen LogP contribution in [0.1, 0.15) is 0 Å². The van der Waals surface area contributed by atoms with Gasteiger partial charge in [0.05, 0.1) is 10.8 Å². The largest absolute Gasteiger partial charge is 0.330 e. The van der Waals surface area contributed by atoms with Gasteiger partial charge in [-0.1, -0.05) is 52.9 Å². The fourth-order valence-corrected chi connectivity index (χ4v) is 3.61. The molecule has 5 nitrogen and oxygen atoms in total. The number of benzene rings is 2. The van der Waals surface area contributed by atoms with Crippen molar-refractivity contribution in [2.24, 2.45) is 0 Å². The Kier molecular flexibility index (Phi) is 5.85. The summed E-state index contributed by atoms with van der Waals surface area (Å²) in [5, 5.41) is 14.5. The molecule has 0 saturated heterocycles. The Bertz CT molecular complexity index is 876. The number of rotatable bonds is 6. The zero-order chi connectivity index (χ0) is 17.6. The average molecular weight is 395 g/mol. The monoisotopic (exact) mass is 394 g/mol. The molecular formula is C16H12ClFN4OS2. The number of anilines is 3. The Hall–Kier alpha value is -2.16. The van der Waals surface area contributed by atoms with E-state index in [0.717, 1.165) is 5.69 Å². The summed E-state index contributed by atoms with van der Waals surface area (Å²) < 4.78 is 13.8. The van der Waals surface area contributed by atoms with Crippen LogP contribution in [0.2, 0.25) is 5.02 Å². The van der Waals surface area contributed by atoms with E-state index in [1.165, 1.54) is 41.3 Å². The van der Waals surface area contributed by atoms with E-state index >= 15 is 0 Å². The van der Waals surface area contributed by atoms with E-state index in [2.05, 4.69) is 20.8 Å². The number of hydrogen-bond acceptors (Lipinski definition) is 6. The number of aromatic nitrogens is 2. The van der Waals surface area contributed by atoms with Crippen LogP contribution in [0.4, 0.5) is 20.9 Å². The SMILES string of the molecule is O=C(CSc1nnc(Nc2ccccc2)s1)Nc1ccc(F)c(Cl)c1. The minimum absolute atomic E-state index is 0.0359. The Morgan fingerprint density at radius 2 is 1.96 bits per heavy atom. The first kappa shape index (κ1) is 17.7. The second kappa shape index (κ2) is 8.28. The number of hydrogen-bond donors (Lipinski definition) is 2. The molecule has 0 saturated carbocycles. The first-order valence-corrected chi connectivity index (χ1v) is 9.31. The first-order chi connectivity index (χ1) is 12.1. The molecule has 0 radical (unpaired) electrons. The summed E-state index contributed by atoms with van der Waals surface area (Å²) >= 11 is 8.32. The Balaban J connectivity index is 1.51. The highest BCUT2D eigenvalue weighted by Gasteiger charge is 2.09. The van der Waals surface area contributed by atoms with Crippen LogP contribution in [-0.2, 0) is 4.79 Å². The summed E-state index contributed by atoms with van der Waals surface area (Å²) in [6, 6.07) is 13.7. The molecule has 2 N–H and O–H groups in total. The molecular weight excluding hydrogens is 383 g/mol. The molecule has 1 amide bonds. The lowest BCUT2D eigenvalue weighted by atomic mass is 10.3. The Morgan fingerprint density at radius 1 is 1.16 bits per heavy atom. The molecule has 0 aliphatic heterocycles. The van der Waals surface area contributed by atoms with Crippen molar-refractivity contribution in [3.05, 3.63) is 59.4 Å². The van der Waals surface area contributed by atoms with Crippen molar-refractivity contribution < 1.29 is 9.18 Å². The molecule has 0 aliphatic rings. The Labute approximate surface area is 156 Å². The summed E-state index contributed by atoms with van der Waals surface area (Å²) in [5.41, 5.74) is 1.36. The van der Waals surface area contributed by atoms with Gasteiger partial charge in [-0.2, -0.15) is 0 Å². The third-order valence-electron chi connectivity index (χ3n) is 2.96. The molecule has 0 fully saturated rings. The number of amides is 1. The van der Waals surface area contributed by atoms with Gasteiger partial charge in [0.25, 0.3) is 0 Å². The minimum Gasteiger partial charge on any atom is -0.330 e. The normalized spacial score (nSPS) is 10.5. The topological polar surface area (TPSA) is 66.9 Å². The van der Waals surface area contributed by atoms with E-state index in [0.29, 0.717) is 15.2 Å². The van der Waals surface area contributed by atoms with Gasteiger partial charge in [-0.15, -0.1) is 10.2 Å². The molecule has 1 aromatic heterocycles. The highest BCUT2D eigenvalue weighted by Crippen LogP contribution is 2.27. The van der Waals surface area contributed by atoms with Crippen LogP contribution >= 0.6 is 34.7 Å². The smallest absolute Gasteiger partial charge is 0.234 e. The van der Waals surface area contributed by atoms with Gasteiger partial charge in [-0.05, 0) is 30.3 Å². The van der Waals surface area contributed by atoms with E-state index in [9.17, 15) is 9.18 Å². The molecule has 25 heavy (non-hydrogen) atoms. The molecule has 1 heterocycles. The van der Waals surface area contributed by atoms with Crippen molar-refractivity contribution >= 4 is 57.1 Å². The predicted octanol–water partition coefficient (Wildman–Crippen LogP) is 4.81. The lowest BCUT2D eigenvalue weighted by Crippen LogP contribution is -2.13. The number of thioether (sulfide) groups is 1. The molecule has 0 bridgehead atoms. The third-order valence-corrected chi connectivity index (χ3v) is 5.22. The van der Waals surface area contributed by atoms with E-state index in [1.54, 1.807) is 0 Å².